The van der Waals surface area contributed by atoms with Gasteiger partial charge in [-0.05, 0) is 31.6 Å². The third kappa shape index (κ3) is 3.23. The Morgan fingerprint density at radius 1 is 1.53 bits per heavy atom. The number of aliphatic carboxylic acids is 1. The highest BCUT2D eigenvalue weighted by Crippen LogP contribution is 2.42. The number of hydrogen-bond donors (Lipinski definition) is 1. The van der Waals surface area contributed by atoms with Gasteiger partial charge in [-0.1, -0.05) is 19.8 Å². The van der Waals surface area contributed by atoms with Crippen molar-refractivity contribution in [3.63, 3.8) is 0 Å². The molecule has 0 spiro atoms. The van der Waals surface area contributed by atoms with E-state index < -0.39 is 11.4 Å². The molecule has 84 valence electrons. The summed E-state index contributed by atoms with van der Waals surface area (Å²) in [5.74, 6) is -0.129. The van der Waals surface area contributed by atoms with Gasteiger partial charge in [0.05, 0.1) is 17.9 Å². The smallest absolute Gasteiger partial charge is 0.304 e. The summed E-state index contributed by atoms with van der Waals surface area (Å²) in [5.41, 5.74) is -0.573. The Bertz CT molecular complexity index is 259. The minimum absolute atomic E-state index is 0.0162. The number of rotatable bonds is 4. The number of carboxylic acids is 1. The van der Waals surface area contributed by atoms with Gasteiger partial charge < -0.3 is 5.11 Å². The number of nitriles is 1. The molecule has 1 aliphatic carbocycles. The molecule has 0 aliphatic heterocycles. The van der Waals surface area contributed by atoms with Crippen LogP contribution in [0.15, 0.2) is 0 Å². The Morgan fingerprint density at radius 3 is 2.53 bits per heavy atom. The summed E-state index contributed by atoms with van der Waals surface area (Å²) in [6.07, 6.45) is 5.99. The predicted octanol–water partition coefficient (Wildman–Crippen LogP) is 2.96. The highest BCUT2D eigenvalue weighted by molar-refractivity contribution is 5.68. The largest absolute Gasteiger partial charge is 0.481 e. The summed E-state index contributed by atoms with van der Waals surface area (Å²) >= 11 is 0. The molecular weight excluding hydrogens is 190 g/mol. The van der Waals surface area contributed by atoms with Crippen LogP contribution < -0.4 is 0 Å². The minimum Gasteiger partial charge on any atom is -0.481 e. The Kier molecular flexibility index (Phi) is 4.14. The van der Waals surface area contributed by atoms with Crippen LogP contribution in [0.25, 0.3) is 0 Å². The van der Waals surface area contributed by atoms with E-state index in [0.717, 1.165) is 25.7 Å². The molecule has 1 rings (SSSR count). The first-order valence-corrected chi connectivity index (χ1v) is 5.75. The maximum absolute atomic E-state index is 10.7. The zero-order valence-electron chi connectivity index (χ0n) is 9.33. The molecule has 1 aliphatic rings. The second kappa shape index (κ2) is 5.16. The summed E-state index contributed by atoms with van der Waals surface area (Å²) < 4.78 is 0. The monoisotopic (exact) mass is 209 g/mol. The molecule has 0 aromatic rings. The van der Waals surface area contributed by atoms with Gasteiger partial charge >= 0.3 is 5.97 Å². The molecule has 0 unspecified atom stereocenters. The zero-order chi connectivity index (χ0) is 11.3. The molecule has 0 atom stereocenters. The van der Waals surface area contributed by atoms with Crippen LogP contribution in [0.1, 0.15) is 51.9 Å². The highest BCUT2D eigenvalue weighted by atomic mass is 16.4. The van der Waals surface area contributed by atoms with Crippen LogP contribution in [0.3, 0.4) is 0 Å². The molecule has 0 amide bonds. The summed E-state index contributed by atoms with van der Waals surface area (Å²) in [4.78, 5) is 10.7. The predicted molar refractivity (Wildman–Crippen MR) is 57.2 cm³/mol. The number of carbonyl (C=O) groups is 1. The Hall–Kier alpha value is -1.04. The van der Waals surface area contributed by atoms with Gasteiger partial charge in [-0.2, -0.15) is 5.26 Å². The molecule has 3 heteroatoms. The topological polar surface area (TPSA) is 61.1 Å². The SMILES string of the molecule is CCCC1CCC(C#N)(CC(=O)O)CC1. The molecule has 0 aromatic heterocycles. The van der Waals surface area contributed by atoms with Crippen molar-refractivity contribution in [1.29, 1.82) is 5.26 Å². The Balaban J connectivity index is 2.52. The quantitative estimate of drug-likeness (QED) is 0.774. The van der Waals surface area contributed by atoms with E-state index in [4.69, 9.17) is 10.4 Å². The Morgan fingerprint density at radius 2 is 2.13 bits per heavy atom. The molecule has 1 N–H and O–H groups in total. The maximum atomic E-state index is 10.7. The van der Waals surface area contributed by atoms with Crippen molar-refractivity contribution >= 4 is 5.97 Å². The van der Waals surface area contributed by atoms with E-state index in [0.29, 0.717) is 5.92 Å². The van der Waals surface area contributed by atoms with E-state index in [2.05, 4.69) is 13.0 Å². The van der Waals surface area contributed by atoms with Crippen molar-refractivity contribution in [1.82, 2.24) is 0 Å². The minimum atomic E-state index is -0.842. The van der Waals surface area contributed by atoms with Crippen LogP contribution in [0, 0.1) is 22.7 Å². The van der Waals surface area contributed by atoms with Crippen LogP contribution in [0.5, 0.6) is 0 Å². The number of nitrogens with zero attached hydrogens (tertiary/aromatic N) is 1. The van der Waals surface area contributed by atoms with E-state index in [9.17, 15) is 4.79 Å². The van der Waals surface area contributed by atoms with E-state index in [-0.39, 0.29) is 6.42 Å². The van der Waals surface area contributed by atoms with E-state index in [1.54, 1.807) is 0 Å². The average Bonchev–Trinajstić information content (AvgIpc) is 2.21. The fourth-order valence-corrected chi connectivity index (χ4v) is 2.54. The lowest BCUT2D eigenvalue weighted by atomic mass is 9.69. The first-order chi connectivity index (χ1) is 7.12. The van der Waals surface area contributed by atoms with Crippen molar-refractivity contribution in [2.45, 2.75) is 51.9 Å². The molecule has 0 aromatic carbocycles. The van der Waals surface area contributed by atoms with Crippen LogP contribution >= 0.6 is 0 Å². The summed E-state index contributed by atoms with van der Waals surface area (Å²) in [6.45, 7) is 2.17. The van der Waals surface area contributed by atoms with Gasteiger partial charge in [0.1, 0.15) is 0 Å². The zero-order valence-corrected chi connectivity index (χ0v) is 9.33. The first-order valence-electron chi connectivity index (χ1n) is 5.75. The molecule has 0 saturated heterocycles. The summed E-state index contributed by atoms with van der Waals surface area (Å²) in [7, 11) is 0. The van der Waals surface area contributed by atoms with Crippen LogP contribution in [-0.4, -0.2) is 11.1 Å². The van der Waals surface area contributed by atoms with Gasteiger partial charge in [-0.15, -0.1) is 0 Å². The number of carboxylic acid groups (broad SMARTS) is 1. The molecular formula is C12H19NO2. The van der Waals surface area contributed by atoms with E-state index in [1.807, 2.05) is 0 Å². The lowest BCUT2D eigenvalue weighted by molar-refractivity contribution is -0.139. The van der Waals surface area contributed by atoms with E-state index >= 15 is 0 Å². The van der Waals surface area contributed by atoms with Crippen molar-refractivity contribution < 1.29 is 9.90 Å². The van der Waals surface area contributed by atoms with E-state index in [1.165, 1.54) is 12.8 Å². The fraction of sp³-hybridized carbons (Fsp3) is 0.833. The van der Waals surface area contributed by atoms with Crippen molar-refractivity contribution in [2.75, 3.05) is 0 Å². The lowest BCUT2D eigenvalue weighted by Gasteiger charge is -2.33. The molecule has 0 heterocycles. The molecule has 1 saturated carbocycles. The molecule has 3 nitrogen and oxygen atoms in total. The normalized spacial score (nSPS) is 30.8. The standard InChI is InChI=1S/C12H19NO2/c1-2-3-10-4-6-12(9-13,7-5-10)8-11(14)15/h10H,2-8H2,1H3,(H,14,15). The Labute approximate surface area is 91.1 Å². The average molecular weight is 209 g/mol. The first kappa shape index (κ1) is 12.0. The third-order valence-corrected chi connectivity index (χ3v) is 3.49. The lowest BCUT2D eigenvalue weighted by Crippen LogP contribution is -2.28. The van der Waals surface area contributed by atoms with Gasteiger partial charge in [-0.3, -0.25) is 4.79 Å². The van der Waals surface area contributed by atoms with Crippen LogP contribution in [-0.2, 0) is 4.79 Å². The second-order valence-electron chi connectivity index (χ2n) is 4.69. The van der Waals surface area contributed by atoms with Gasteiger partial charge in [0.15, 0.2) is 0 Å². The van der Waals surface area contributed by atoms with Crippen molar-refractivity contribution in [2.24, 2.45) is 11.3 Å². The summed E-state index contributed by atoms with van der Waals surface area (Å²) in [6, 6.07) is 2.23. The van der Waals surface area contributed by atoms with Gasteiger partial charge in [0.2, 0.25) is 0 Å². The molecule has 0 bridgehead atoms. The second-order valence-corrected chi connectivity index (χ2v) is 4.69. The fourth-order valence-electron chi connectivity index (χ4n) is 2.54. The van der Waals surface area contributed by atoms with Crippen LogP contribution in [0.4, 0.5) is 0 Å². The molecule has 0 radical (unpaired) electrons. The molecule has 15 heavy (non-hydrogen) atoms. The summed E-state index contributed by atoms with van der Waals surface area (Å²) in [5, 5.41) is 17.9. The van der Waals surface area contributed by atoms with Crippen molar-refractivity contribution in [3.05, 3.63) is 0 Å². The van der Waals surface area contributed by atoms with Gasteiger partial charge in [0, 0.05) is 0 Å². The molecule has 1 fully saturated rings. The van der Waals surface area contributed by atoms with Crippen molar-refractivity contribution in [3.8, 4) is 6.07 Å². The number of hydrogen-bond acceptors (Lipinski definition) is 2. The highest BCUT2D eigenvalue weighted by Gasteiger charge is 2.37. The van der Waals surface area contributed by atoms with Gasteiger partial charge in [-0.25, -0.2) is 0 Å². The van der Waals surface area contributed by atoms with Gasteiger partial charge in [0.25, 0.3) is 0 Å². The maximum Gasteiger partial charge on any atom is 0.304 e. The van der Waals surface area contributed by atoms with Crippen LogP contribution in [0.2, 0.25) is 0 Å². The third-order valence-electron chi connectivity index (χ3n) is 3.49.